The Morgan fingerprint density at radius 2 is 2.21 bits per heavy atom. The topological polar surface area (TPSA) is 91.0 Å². The number of carbonyl (C=O) groups excluding carboxylic acids is 2. The molecule has 2 amide bonds. The van der Waals surface area contributed by atoms with Gasteiger partial charge in [-0.25, -0.2) is 4.98 Å². The van der Waals surface area contributed by atoms with Crippen molar-refractivity contribution >= 4 is 23.2 Å². The van der Waals surface area contributed by atoms with E-state index in [1.54, 1.807) is 53.0 Å². The van der Waals surface area contributed by atoms with Crippen molar-refractivity contribution in [2.45, 2.75) is 19.0 Å². The minimum Gasteiger partial charge on any atom is -0.354 e. The van der Waals surface area contributed by atoms with Gasteiger partial charge in [-0.05, 0) is 36.1 Å². The summed E-state index contributed by atoms with van der Waals surface area (Å²) in [5.41, 5.74) is 1.68. The number of fused-ring (bicyclic) bond motifs is 1. The van der Waals surface area contributed by atoms with Crippen molar-refractivity contribution in [2.75, 3.05) is 13.1 Å². The maximum Gasteiger partial charge on any atom is 0.254 e. The van der Waals surface area contributed by atoms with Crippen LogP contribution < -0.4 is 5.32 Å². The van der Waals surface area contributed by atoms with Crippen LogP contribution >= 0.6 is 11.3 Å². The van der Waals surface area contributed by atoms with Crippen LogP contribution in [0.5, 0.6) is 0 Å². The summed E-state index contributed by atoms with van der Waals surface area (Å²) >= 11 is 1.66. The highest BCUT2D eigenvalue weighted by atomic mass is 32.1. The first kappa shape index (κ1) is 18.9. The number of hydrogen-bond donors (Lipinski definition) is 1. The van der Waals surface area contributed by atoms with Gasteiger partial charge in [-0.1, -0.05) is 12.1 Å². The number of imidazole rings is 1. The Morgan fingerprint density at radius 1 is 1.31 bits per heavy atom. The second-order valence-electron chi connectivity index (χ2n) is 6.81. The molecule has 1 aliphatic rings. The van der Waals surface area contributed by atoms with Crippen molar-refractivity contribution in [3.8, 4) is 6.07 Å². The number of nitriles is 1. The lowest BCUT2D eigenvalue weighted by molar-refractivity contribution is -0.125. The predicted octanol–water partition coefficient (Wildman–Crippen LogP) is 2.37. The smallest absolute Gasteiger partial charge is 0.254 e. The van der Waals surface area contributed by atoms with Crippen molar-refractivity contribution in [3.05, 3.63) is 76.0 Å². The van der Waals surface area contributed by atoms with Crippen molar-refractivity contribution in [1.82, 2.24) is 19.8 Å². The minimum absolute atomic E-state index is 0.135. The number of benzene rings is 1. The average Bonchev–Trinajstić information content (AvgIpc) is 3.44. The van der Waals surface area contributed by atoms with Crippen molar-refractivity contribution < 1.29 is 9.59 Å². The Morgan fingerprint density at radius 3 is 3.00 bits per heavy atom. The van der Waals surface area contributed by atoms with Crippen molar-refractivity contribution in [1.29, 1.82) is 5.26 Å². The second kappa shape index (κ2) is 8.29. The van der Waals surface area contributed by atoms with Crippen LogP contribution in [0, 0.1) is 11.3 Å². The van der Waals surface area contributed by atoms with Crippen LogP contribution in [0.25, 0.3) is 0 Å². The van der Waals surface area contributed by atoms with Gasteiger partial charge in [0.2, 0.25) is 5.91 Å². The molecular weight excluding hydrogens is 386 g/mol. The van der Waals surface area contributed by atoms with Gasteiger partial charge in [0.25, 0.3) is 5.91 Å². The molecule has 3 heterocycles. The van der Waals surface area contributed by atoms with Crippen LogP contribution in [0.1, 0.15) is 32.5 Å². The molecule has 146 valence electrons. The highest BCUT2D eigenvalue weighted by Crippen LogP contribution is 2.23. The van der Waals surface area contributed by atoms with E-state index in [9.17, 15) is 9.59 Å². The van der Waals surface area contributed by atoms with E-state index in [1.165, 1.54) is 4.88 Å². The zero-order chi connectivity index (χ0) is 20.2. The van der Waals surface area contributed by atoms with Gasteiger partial charge < -0.3 is 14.8 Å². The molecule has 1 aliphatic heterocycles. The van der Waals surface area contributed by atoms with Crippen molar-refractivity contribution in [2.24, 2.45) is 0 Å². The Balaban J connectivity index is 1.48. The monoisotopic (exact) mass is 405 g/mol. The van der Waals surface area contributed by atoms with Crippen LogP contribution in [-0.2, 0) is 17.8 Å². The van der Waals surface area contributed by atoms with Crippen LogP contribution in [0.2, 0.25) is 0 Å². The number of hydrogen-bond acceptors (Lipinski definition) is 5. The molecule has 0 spiro atoms. The Bertz CT molecular complexity index is 1070. The van der Waals surface area contributed by atoms with E-state index in [0.29, 0.717) is 24.2 Å². The number of nitrogens with zero attached hydrogens (tertiary/aromatic N) is 4. The second-order valence-corrected chi connectivity index (χ2v) is 7.84. The summed E-state index contributed by atoms with van der Waals surface area (Å²) in [5.74, 6) is -0.338. The third-order valence-corrected chi connectivity index (χ3v) is 5.84. The van der Waals surface area contributed by atoms with Gasteiger partial charge in [0, 0.05) is 23.2 Å². The third-order valence-electron chi connectivity index (χ3n) is 4.91. The molecule has 7 nitrogen and oxygen atoms in total. The Hall–Kier alpha value is -3.44. The molecule has 4 rings (SSSR count). The first-order chi connectivity index (χ1) is 14.2. The van der Waals surface area contributed by atoms with Gasteiger partial charge in [0.15, 0.2) is 0 Å². The van der Waals surface area contributed by atoms with Crippen LogP contribution in [0.15, 0.2) is 54.3 Å². The standard InChI is InChI=1S/C21H19N5O2S/c22-10-15-3-1-4-16(9-15)21(28)25-12-17-11-23-14-26(17)19(13-25)20(27)24-7-6-18-5-2-8-29-18/h1-5,8-9,11,14,19H,6-7,12-13H2,(H,24,27)/t19-/m0/s1. The lowest BCUT2D eigenvalue weighted by Crippen LogP contribution is -2.46. The number of amides is 2. The first-order valence-electron chi connectivity index (χ1n) is 9.26. The molecule has 0 saturated carbocycles. The summed E-state index contributed by atoms with van der Waals surface area (Å²) < 4.78 is 1.83. The number of rotatable bonds is 5. The summed E-state index contributed by atoms with van der Waals surface area (Å²) in [5, 5.41) is 14.1. The van der Waals surface area contributed by atoms with Gasteiger partial charge >= 0.3 is 0 Å². The summed E-state index contributed by atoms with van der Waals surface area (Å²) in [6, 6.07) is 12.2. The summed E-state index contributed by atoms with van der Waals surface area (Å²) in [4.78, 5) is 32.9. The fourth-order valence-electron chi connectivity index (χ4n) is 3.44. The zero-order valence-electron chi connectivity index (χ0n) is 15.6. The average molecular weight is 405 g/mol. The highest BCUT2D eigenvalue weighted by Gasteiger charge is 2.32. The fraction of sp³-hybridized carbons (Fsp3) is 0.238. The first-order valence-corrected chi connectivity index (χ1v) is 10.1. The van der Waals surface area contributed by atoms with E-state index < -0.39 is 6.04 Å². The largest absolute Gasteiger partial charge is 0.354 e. The molecule has 0 aliphatic carbocycles. The molecule has 0 saturated heterocycles. The molecule has 0 bridgehead atoms. The highest BCUT2D eigenvalue weighted by molar-refractivity contribution is 7.09. The quantitative estimate of drug-likeness (QED) is 0.706. The van der Waals surface area contributed by atoms with E-state index in [1.807, 2.05) is 22.1 Å². The van der Waals surface area contributed by atoms with Crippen LogP contribution in [0.4, 0.5) is 0 Å². The maximum absolute atomic E-state index is 13.0. The molecule has 2 aromatic heterocycles. The number of aromatic nitrogens is 2. The minimum atomic E-state index is -0.535. The van der Waals surface area contributed by atoms with E-state index in [2.05, 4.69) is 16.4 Å². The fourth-order valence-corrected chi connectivity index (χ4v) is 4.15. The normalized spacial score (nSPS) is 15.4. The molecule has 1 atom stereocenters. The van der Waals surface area contributed by atoms with Gasteiger partial charge in [-0.3, -0.25) is 9.59 Å². The van der Waals surface area contributed by atoms with Gasteiger partial charge in [0.1, 0.15) is 6.04 Å². The SMILES string of the molecule is N#Cc1cccc(C(=O)N2Cc3cncn3[C@H](C(=O)NCCc3cccs3)C2)c1. The Kier molecular flexibility index (Phi) is 5.40. The van der Waals surface area contributed by atoms with Gasteiger partial charge in [0.05, 0.1) is 36.7 Å². The number of carbonyl (C=O) groups is 2. The molecule has 0 fully saturated rings. The van der Waals surface area contributed by atoms with Crippen LogP contribution in [-0.4, -0.2) is 39.4 Å². The summed E-state index contributed by atoms with van der Waals surface area (Å²) in [6.07, 6.45) is 4.09. The molecule has 8 heteroatoms. The third kappa shape index (κ3) is 4.05. The Labute approximate surface area is 172 Å². The molecule has 3 aromatic rings. The molecule has 1 N–H and O–H groups in total. The molecule has 0 radical (unpaired) electrons. The lowest BCUT2D eigenvalue weighted by atomic mass is 10.1. The lowest BCUT2D eigenvalue weighted by Gasteiger charge is -2.33. The van der Waals surface area contributed by atoms with Gasteiger partial charge in [-0.15, -0.1) is 11.3 Å². The van der Waals surface area contributed by atoms with E-state index in [-0.39, 0.29) is 18.4 Å². The zero-order valence-corrected chi connectivity index (χ0v) is 16.4. The summed E-state index contributed by atoms with van der Waals surface area (Å²) in [6.45, 7) is 1.16. The van der Waals surface area contributed by atoms with Crippen LogP contribution in [0.3, 0.4) is 0 Å². The molecular formula is C21H19N5O2S. The van der Waals surface area contributed by atoms with E-state index >= 15 is 0 Å². The van der Waals surface area contributed by atoms with E-state index in [0.717, 1.165) is 12.1 Å². The molecule has 29 heavy (non-hydrogen) atoms. The number of thiophene rings is 1. The summed E-state index contributed by atoms with van der Waals surface area (Å²) in [7, 11) is 0. The maximum atomic E-state index is 13.0. The number of nitrogens with one attached hydrogen (secondary N) is 1. The molecule has 0 unspecified atom stereocenters. The van der Waals surface area contributed by atoms with Gasteiger partial charge in [-0.2, -0.15) is 5.26 Å². The van der Waals surface area contributed by atoms with E-state index in [4.69, 9.17) is 5.26 Å². The predicted molar refractivity (Wildman–Crippen MR) is 108 cm³/mol. The molecule has 1 aromatic carbocycles. The van der Waals surface area contributed by atoms with Crippen molar-refractivity contribution in [3.63, 3.8) is 0 Å².